The number of hydrogen-bond acceptors (Lipinski definition) is 6. The second-order valence-electron chi connectivity index (χ2n) is 9.69. The third-order valence-corrected chi connectivity index (χ3v) is 8.44. The smallest absolute Gasteiger partial charge is 0.339 e. The molecule has 4 aromatic carbocycles. The SMILES string of the molecule is O=C(OCC#CCCCCC#CCS(=O)(=O)c1cccc2ccccc12)c1ccc2c(c1)C(=O)c1ccccc1C2=O. The van der Waals surface area contributed by atoms with Crippen LogP contribution in [0.25, 0.3) is 10.8 Å². The normalized spacial score (nSPS) is 11.9. The molecule has 0 amide bonds. The van der Waals surface area contributed by atoms with Crippen molar-refractivity contribution < 1.29 is 27.5 Å². The van der Waals surface area contributed by atoms with Crippen LogP contribution in [0, 0.1) is 23.7 Å². The first kappa shape index (κ1) is 28.5. The van der Waals surface area contributed by atoms with Gasteiger partial charge >= 0.3 is 5.97 Å². The van der Waals surface area contributed by atoms with Crippen LogP contribution in [-0.2, 0) is 14.6 Å². The third kappa shape index (κ3) is 6.17. The highest BCUT2D eigenvalue weighted by molar-refractivity contribution is 7.91. The van der Waals surface area contributed by atoms with E-state index in [1.54, 1.807) is 42.5 Å². The van der Waals surface area contributed by atoms with Crippen LogP contribution in [0.15, 0.2) is 89.8 Å². The van der Waals surface area contributed by atoms with Crippen molar-refractivity contribution in [1.29, 1.82) is 0 Å². The number of unbranched alkanes of at least 4 members (excludes halogenated alkanes) is 3. The molecule has 0 radical (unpaired) electrons. The average Bonchev–Trinajstić information content (AvgIpc) is 3.01. The number of fused-ring (bicyclic) bond motifs is 3. The maximum absolute atomic E-state index is 12.9. The number of rotatable bonds is 7. The van der Waals surface area contributed by atoms with Gasteiger partial charge in [0.25, 0.3) is 0 Å². The molecule has 0 saturated carbocycles. The highest BCUT2D eigenvalue weighted by Crippen LogP contribution is 2.28. The summed E-state index contributed by atoms with van der Waals surface area (Å²) in [5, 5.41) is 1.58. The van der Waals surface area contributed by atoms with Crippen LogP contribution in [0.5, 0.6) is 0 Å². The first-order chi connectivity index (χ1) is 20.4. The summed E-state index contributed by atoms with van der Waals surface area (Å²) in [6.07, 6.45) is 2.68. The zero-order valence-electron chi connectivity index (χ0n) is 22.7. The van der Waals surface area contributed by atoms with Crippen molar-refractivity contribution in [2.45, 2.75) is 30.6 Å². The molecule has 0 heterocycles. The van der Waals surface area contributed by atoms with Crippen molar-refractivity contribution in [3.8, 4) is 23.7 Å². The van der Waals surface area contributed by atoms with Crippen LogP contribution in [0.4, 0.5) is 0 Å². The van der Waals surface area contributed by atoms with Crippen molar-refractivity contribution in [1.82, 2.24) is 0 Å². The van der Waals surface area contributed by atoms with Gasteiger partial charge in [-0.1, -0.05) is 78.4 Å². The Balaban J connectivity index is 1.05. The molecule has 0 N–H and O–H groups in total. The lowest BCUT2D eigenvalue weighted by atomic mass is 9.83. The molecule has 0 spiro atoms. The van der Waals surface area contributed by atoms with Gasteiger partial charge in [-0.05, 0) is 42.5 Å². The second kappa shape index (κ2) is 12.7. The molecule has 4 aromatic rings. The molecule has 0 aromatic heterocycles. The summed E-state index contributed by atoms with van der Waals surface area (Å²) in [5.41, 5.74) is 1.32. The van der Waals surface area contributed by atoms with Gasteiger partial charge in [-0.15, -0.1) is 5.92 Å². The number of esters is 1. The van der Waals surface area contributed by atoms with Crippen molar-refractivity contribution in [3.05, 3.63) is 113 Å². The summed E-state index contributed by atoms with van der Waals surface area (Å²) in [6.45, 7) is -0.0997. The summed E-state index contributed by atoms with van der Waals surface area (Å²) in [5.74, 6) is 10.1. The van der Waals surface area contributed by atoms with Gasteiger partial charge in [-0.3, -0.25) is 9.59 Å². The van der Waals surface area contributed by atoms with Crippen molar-refractivity contribution in [2.75, 3.05) is 12.4 Å². The van der Waals surface area contributed by atoms with E-state index in [9.17, 15) is 22.8 Å². The molecule has 1 aliphatic rings. The lowest BCUT2D eigenvalue weighted by molar-refractivity contribution is 0.0556. The van der Waals surface area contributed by atoms with Crippen LogP contribution in [-0.4, -0.2) is 38.3 Å². The molecule has 7 heteroatoms. The fourth-order valence-corrected chi connectivity index (χ4v) is 6.01. The summed E-state index contributed by atoms with van der Waals surface area (Å²) >= 11 is 0. The van der Waals surface area contributed by atoms with E-state index >= 15 is 0 Å². The second-order valence-corrected chi connectivity index (χ2v) is 11.6. The Kier molecular flexibility index (Phi) is 8.62. The van der Waals surface area contributed by atoms with E-state index in [0.29, 0.717) is 34.3 Å². The Morgan fingerprint density at radius 1 is 0.667 bits per heavy atom. The van der Waals surface area contributed by atoms with Gasteiger partial charge in [-0.2, -0.15) is 0 Å². The van der Waals surface area contributed by atoms with Gasteiger partial charge < -0.3 is 4.74 Å². The number of carbonyl (C=O) groups excluding carboxylic acids is 3. The molecular formula is C35H26O6S. The largest absolute Gasteiger partial charge is 0.449 e. The van der Waals surface area contributed by atoms with Crippen LogP contribution in [0.3, 0.4) is 0 Å². The first-order valence-electron chi connectivity index (χ1n) is 13.5. The number of ketones is 2. The van der Waals surface area contributed by atoms with E-state index in [1.807, 2.05) is 24.3 Å². The molecule has 0 saturated heterocycles. The van der Waals surface area contributed by atoms with Crippen molar-refractivity contribution in [2.24, 2.45) is 0 Å². The van der Waals surface area contributed by atoms with Crippen LogP contribution < -0.4 is 0 Å². The van der Waals surface area contributed by atoms with E-state index in [4.69, 9.17) is 4.74 Å². The number of hydrogen-bond donors (Lipinski definition) is 0. The zero-order valence-corrected chi connectivity index (χ0v) is 23.5. The molecule has 42 heavy (non-hydrogen) atoms. The van der Waals surface area contributed by atoms with Gasteiger partial charge in [0.1, 0.15) is 5.75 Å². The number of ether oxygens (including phenoxy) is 1. The molecule has 0 atom stereocenters. The topological polar surface area (TPSA) is 94.6 Å². The molecule has 208 valence electrons. The Morgan fingerprint density at radius 2 is 1.29 bits per heavy atom. The minimum Gasteiger partial charge on any atom is -0.449 e. The summed E-state index contributed by atoms with van der Waals surface area (Å²) < 4.78 is 30.8. The van der Waals surface area contributed by atoms with Crippen molar-refractivity contribution in [3.63, 3.8) is 0 Å². The van der Waals surface area contributed by atoms with E-state index in [0.717, 1.165) is 18.2 Å². The van der Waals surface area contributed by atoms with E-state index in [2.05, 4.69) is 23.7 Å². The average molecular weight is 575 g/mol. The predicted octanol–water partition coefficient (Wildman–Crippen LogP) is 5.81. The maximum Gasteiger partial charge on any atom is 0.339 e. The summed E-state index contributed by atoms with van der Waals surface area (Å²) in [4.78, 5) is 38.4. The fourth-order valence-electron chi connectivity index (χ4n) is 4.76. The molecule has 0 aliphatic heterocycles. The molecule has 0 unspecified atom stereocenters. The lowest BCUT2D eigenvalue weighted by Gasteiger charge is -2.17. The fraction of sp³-hybridized carbons (Fsp3) is 0.171. The van der Waals surface area contributed by atoms with Gasteiger partial charge in [-0.25, -0.2) is 13.2 Å². The molecule has 0 bridgehead atoms. The lowest BCUT2D eigenvalue weighted by Crippen LogP contribution is -2.21. The summed E-state index contributed by atoms with van der Waals surface area (Å²) in [7, 11) is -3.51. The van der Waals surface area contributed by atoms with Crippen LogP contribution in [0.2, 0.25) is 0 Å². The number of benzene rings is 4. The molecule has 5 rings (SSSR count). The van der Waals surface area contributed by atoms with Gasteiger partial charge in [0.05, 0.1) is 10.5 Å². The Morgan fingerprint density at radius 3 is 2.05 bits per heavy atom. The van der Waals surface area contributed by atoms with Gasteiger partial charge in [0.2, 0.25) is 0 Å². The van der Waals surface area contributed by atoms with Crippen LogP contribution in [0.1, 0.15) is 67.9 Å². The first-order valence-corrected chi connectivity index (χ1v) is 15.1. The summed E-state index contributed by atoms with van der Waals surface area (Å²) in [6, 6.07) is 23.6. The van der Waals surface area contributed by atoms with E-state index in [-0.39, 0.29) is 40.6 Å². The molecule has 0 fully saturated rings. The highest BCUT2D eigenvalue weighted by atomic mass is 32.2. The number of sulfone groups is 1. The minimum atomic E-state index is -3.51. The predicted molar refractivity (Wildman–Crippen MR) is 160 cm³/mol. The quantitative estimate of drug-likeness (QED) is 0.138. The third-order valence-electron chi connectivity index (χ3n) is 6.89. The van der Waals surface area contributed by atoms with Gasteiger partial charge in [0, 0.05) is 40.5 Å². The Bertz CT molecular complexity index is 1940. The molecule has 6 nitrogen and oxygen atoms in total. The molecule has 1 aliphatic carbocycles. The minimum absolute atomic E-state index is 0.0997. The van der Waals surface area contributed by atoms with E-state index < -0.39 is 15.8 Å². The highest BCUT2D eigenvalue weighted by Gasteiger charge is 2.30. The number of carbonyl (C=O) groups is 3. The standard InChI is InChI=1S/C35H26O6S/c36-33-28-17-9-10-18-29(28)34(37)31-24-26(20-21-30(31)33)35(38)41-22-11-5-3-1-2-4-6-12-23-42(39,40)32-19-13-15-25-14-7-8-16-27(25)32/h7-10,13-21,24H,1-4,22-23H2. The van der Waals surface area contributed by atoms with Gasteiger partial charge in [0.15, 0.2) is 28.0 Å². The maximum atomic E-state index is 12.9. The van der Waals surface area contributed by atoms with E-state index in [1.165, 1.54) is 18.2 Å². The van der Waals surface area contributed by atoms with Crippen molar-refractivity contribution >= 4 is 38.1 Å². The zero-order chi connectivity index (χ0) is 29.5. The Labute approximate surface area is 244 Å². The molecular weight excluding hydrogens is 548 g/mol. The Hall–Kier alpha value is -4.98. The monoisotopic (exact) mass is 574 g/mol. The van der Waals surface area contributed by atoms with Crippen LogP contribution >= 0.6 is 0 Å².